The number of hydrogen-bond donors (Lipinski definition) is 1. The summed E-state index contributed by atoms with van der Waals surface area (Å²) < 4.78 is 18.8. The van der Waals surface area contributed by atoms with E-state index in [9.17, 15) is 14.0 Å². The lowest BCUT2D eigenvalue weighted by atomic mass is 10.1. The Morgan fingerprint density at radius 3 is 2.35 bits per heavy atom. The normalized spacial score (nSPS) is 15.8. The number of ether oxygens (including phenoxy) is 1. The predicted molar refractivity (Wildman–Crippen MR) is 114 cm³/mol. The molecule has 3 aromatic rings. The Morgan fingerprint density at radius 2 is 1.71 bits per heavy atom. The van der Waals surface area contributed by atoms with Gasteiger partial charge in [0, 0.05) is 18.7 Å². The van der Waals surface area contributed by atoms with Gasteiger partial charge >= 0.3 is 6.01 Å². The molecular formula is C23H21FN4O3. The Morgan fingerprint density at radius 1 is 1.06 bits per heavy atom. The van der Waals surface area contributed by atoms with Crippen molar-refractivity contribution < 1.29 is 18.7 Å². The number of rotatable bonds is 5. The Balaban J connectivity index is 1.46. The molecule has 0 spiro atoms. The van der Waals surface area contributed by atoms with Crippen LogP contribution in [0.5, 0.6) is 11.8 Å². The Kier molecular flexibility index (Phi) is 5.62. The second kappa shape index (κ2) is 8.51. The summed E-state index contributed by atoms with van der Waals surface area (Å²) in [6, 6.07) is 15.0. The first-order valence-electron chi connectivity index (χ1n) is 9.85. The number of halogens is 1. The highest BCUT2D eigenvalue weighted by Crippen LogP contribution is 2.28. The Labute approximate surface area is 178 Å². The number of nitrogens with one attached hydrogen (secondary N) is 1. The zero-order valence-corrected chi connectivity index (χ0v) is 17.1. The van der Waals surface area contributed by atoms with E-state index in [1.165, 1.54) is 29.2 Å². The summed E-state index contributed by atoms with van der Waals surface area (Å²) in [7, 11) is 0. The van der Waals surface area contributed by atoms with Gasteiger partial charge in [0.2, 0.25) is 11.8 Å². The molecule has 1 aromatic heterocycles. The molecule has 31 heavy (non-hydrogen) atoms. The molecule has 7 nitrogen and oxygen atoms in total. The molecule has 158 valence electrons. The van der Waals surface area contributed by atoms with Gasteiger partial charge in [0.1, 0.15) is 11.6 Å². The molecule has 0 bridgehead atoms. The number of aryl methyl sites for hydroxylation is 2. The lowest BCUT2D eigenvalue weighted by molar-refractivity contribution is -0.122. The van der Waals surface area contributed by atoms with Gasteiger partial charge in [-0.25, -0.2) is 4.39 Å². The van der Waals surface area contributed by atoms with Crippen molar-refractivity contribution in [3.63, 3.8) is 0 Å². The highest BCUT2D eigenvalue weighted by atomic mass is 19.1. The predicted octanol–water partition coefficient (Wildman–Crippen LogP) is 4.02. The average Bonchev–Trinajstić information content (AvgIpc) is 3.14. The highest BCUT2D eigenvalue weighted by Gasteiger charge is 2.35. The minimum Gasteiger partial charge on any atom is -0.424 e. The third-order valence-corrected chi connectivity index (χ3v) is 5.08. The number of carbonyl (C=O) groups is 2. The van der Waals surface area contributed by atoms with Crippen molar-refractivity contribution in [1.82, 2.24) is 9.97 Å². The lowest BCUT2D eigenvalue weighted by Crippen LogP contribution is -2.28. The molecule has 1 N–H and O–H groups in total. The van der Waals surface area contributed by atoms with E-state index in [2.05, 4.69) is 15.3 Å². The molecule has 1 saturated heterocycles. The maximum atomic E-state index is 13.2. The van der Waals surface area contributed by atoms with Gasteiger partial charge in [-0.2, -0.15) is 9.97 Å². The summed E-state index contributed by atoms with van der Waals surface area (Å²) in [5.74, 6) is -0.761. The van der Waals surface area contributed by atoms with Crippen molar-refractivity contribution >= 4 is 23.2 Å². The SMILES string of the molecule is Cc1nc(Oc2ccccc2)nc(C)c1NC(=O)C1CC(=O)N(c2ccc(F)cc2)C1. The quantitative estimate of drug-likeness (QED) is 0.674. The van der Waals surface area contributed by atoms with E-state index in [0.29, 0.717) is 28.5 Å². The van der Waals surface area contributed by atoms with Gasteiger partial charge in [-0.3, -0.25) is 9.59 Å². The number of benzene rings is 2. The highest BCUT2D eigenvalue weighted by molar-refractivity contribution is 6.03. The van der Waals surface area contributed by atoms with Crippen LogP contribution in [0.15, 0.2) is 54.6 Å². The summed E-state index contributed by atoms with van der Waals surface area (Å²) in [6.07, 6.45) is 0.0807. The monoisotopic (exact) mass is 420 g/mol. The second-order valence-corrected chi connectivity index (χ2v) is 7.34. The number of carbonyl (C=O) groups excluding carboxylic acids is 2. The van der Waals surface area contributed by atoms with Crippen molar-refractivity contribution in [3.05, 3.63) is 71.8 Å². The summed E-state index contributed by atoms with van der Waals surface area (Å²) >= 11 is 0. The molecule has 1 unspecified atom stereocenters. The summed E-state index contributed by atoms with van der Waals surface area (Å²) in [6.45, 7) is 3.74. The van der Waals surface area contributed by atoms with E-state index in [1.54, 1.807) is 26.0 Å². The molecule has 1 aliphatic heterocycles. The molecule has 2 heterocycles. The number of aromatic nitrogens is 2. The topological polar surface area (TPSA) is 84.4 Å². The van der Waals surface area contributed by atoms with Crippen molar-refractivity contribution in [2.45, 2.75) is 20.3 Å². The van der Waals surface area contributed by atoms with E-state index in [4.69, 9.17) is 4.74 Å². The van der Waals surface area contributed by atoms with Crippen molar-refractivity contribution in [1.29, 1.82) is 0 Å². The van der Waals surface area contributed by atoms with Crippen LogP contribution in [0.1, 0.15) is 17.8 Å². The number of anilines is 2. The average molecular weight is 420 g/mol. The fraction of sp³-hybridized carbons (Fsp3) is 0.217. The Bertz CT molecular complexity index is 1100. The van der Waals surface area contributed by atoms with Gasteiger partial charge in [-0.15, -0.1) is 0 Å². The smallest absolute Gasteiger partial charge is 0.322 e. The van der Waals surface area contributed by atoms with Gasteiger partial charge in [-0.05, 0) is 50.2 Å². The van der Waals surface area contributed by atoms with Crippen LogP contribution in [0.25, 0.3) is 0 Å². The van der Waals surface area contributed by atoms with Crippen LogP contribution in [-0.2, 0) is 9.59 Å². The minimum atomic E-state index is -0.531. The first-order chi connectivity index (χ1) is 14.9. The van der Waals surface area contributed by atoms with E-state index in [-0.39, 0.29) is 36.6 Å². The molecular weight excluding hydrogens is 399 g/mol. The minimum absolute atomic E-state index is 0.0807. The van der Waals surface area contributed by atoms with E-state index in [0.717, 1.165) is 0 Å². The van der Waals surface area contributed by atoms with Gasteiger partial charge in [0.15, 0.2) is 0 Å². The van der Waals surface area contributed by atoms with E-state index >= 15 is 0 Å². The first kappa shape index (κ1) is 20.5. The summed E-state index contributed by atoms with van der Waals surface area (Å²) in [5.41, 5.74) is 2.19. The maximum absolute atomic E-state index is 13.2. The molecule has 2 amide bonds. The fourth-order valence-corrected chi connectivity index (χ4v) is 3.49. The largest absolute Gasteiger partial charge is 0.424 e. The number of hydrogen-bond acceptors (Lipinski definition) is 5. The number of para-hydroxylation sites is 1. The van der Waals surface area contributed by atoms with Crippen LogP contribution < -0.4 is 15.0 Å². The molecule has 8 heteroatoms. The molecule has 1 fully saturated rings. The van der Waals surface area contributed by atoms with Crippen molar-refractivity contribution in [2.75, 3.05) is 16.8 Å². The fourth-order valence-electron chi connectivity index (χ4n) is 3.49. The third kappa shape index (κ3) is 4.53. The van der Waals surface area contributed by atoms with Crippen LogP contribution in [0, 0.1) is 25.6 Å². The third-order valence-electron chi connectivity index (χ3n) is 5.08. The van der Waals surface area contributed by atoms with Gasteiger partial charge in [-0.1, -0.05) is 18.2 Å². The van der Waals surface area contributed by atoms with Gasteiger partial charge in [0.05, 0.1) is 23.0 Å². The Hall–Kier alpha value is -3.81. The molecule has 2 aromatic carbocycles. The van der Waals surface area contributed by atoms with Crippen molar-refractivity contribution in [2.24, 2.45) is 5.92 Å². The van der Waals surface area contributed by atoms with Gasteiger partial charge in [0.25, 0.3) is 0 Å². The molecule has 0 saturated carbocycles. The molecule has 0 aliphatic carbocycles. The van der Waals surface area contributed by atoms with Crippen LogP contribution in [0.3, 0.4) is 0 Å². The number of nitrogens with zero attached hydrogens (tertiary/aromatic N) is 3. The lowest BCUT2D eigenvalue weighted by Gasteiger charge is -2.17. The maximum Gasteiger partial charge on any atom is 0.322 e. The van der Waals surface area contributed by atoms with Crippen LogP contribution in [0.2, 0.25) is 0 Å². The van der Waals surface area contributed by atoms with E-state index in [1.807, 2.05) is 18.2 Å². The molecule has 1 atom stereocenters. The van der Waals surface area contributed by atoms with Crippen molar-refractivity contribution in [3.8, 4) is 11.8 Å². The van der Waals surface area contributed by atoms with E-state index < -0.39 is 5.92 Å². The zero-order valence-electron chi connectivity index (χ0n) is 17.1. The summed E-state index contributed by atoms with van der Waals surface area (Å²) in [4.78, 5) is 35.4. The first-order valence-corrected chi connectivity index (χ1v) is 9.85. The second-order valence-electron chi connectivity index (χ2n) is 7.34. The van der Waals surface area contributed by atoms with Gasteiger partial charge < -0.3 is 15.0 Å². The van der Waals surface area contributed by atoms with Crippen LogP contribution in [0.4, 0.5) is 15.8 Å². The standard InChI is InChI=1S/C23H21FN4O3/c1-14-21(15(2)26-23(25-14)31-19-6-4-3-5-7-19)27-22(30)16-12-20(29)28(13-16)18-10-8-17(24)9-11-18/h3-11,16H,12-13H2,1-2H3,(H,27,30). The molecule has 1 aliphatic rings. The van der Waals surface area contributed by atoms with Crippen LogP contribution >= 0.6 is 0 Å². The molecule has 4 rings (SSSR count). The zero-order chi connectivity index (χ0) is 22.0. The molecule has 0 radical (unpaired) electrons. The number of amides is 2. The summed E-state index contributed by atoms with van der Waals surface area (Å²) in [5, 5.41) is 2.85. The van der Waals surface area contributed by atoms with Crippen LogP contribution in [-0.4, -0.2) is 28.3 Å².